The minimum absolute atomic E-state index is 0. The monoisotopic (exact) mass is 374 g/mol. The number of benzene rings is 1. The quantitative estimate of drug-likeness (QED) is 0.795. The van der Waals surface area contributed by atoms with Crippen molar-refractivity contribution in [3.63, 3.8) is 0 Å². The topological polar surface area (TPSA) is 50.4 Å². The van der Waals surface area contributed by atoms with Crippen LogP contribution in [0.25, 0.3) is 0 Å². The largest absolute Gasteiger partial charge is 0.484 e. The van der Waals surface area contributed by atoms with Gasteiger partial charge in [0.2, 0.25) is 5.91 Å². The van der Waals surface area contributed by atoms with Gasteiger partial charge in [0, 0.05) is 12.1 Å². The van der Waals surface area contributed by atoms with Crippen molar-refractivity contribution in [3.8, 4) is 5.75 Å². The molecule has 1 aromatic carbocycles. The number of carbonyl (C=O) groups excluding carboxylic acids is 1. The van der Waals surface area contributed by atoms with Crippen LogP contribution in [0.2, 0.25) is 0 Å². The van der Waals surface area contributed by atoms with Gasteiger partial charge < -0.3 is 10.1 Å². The molecule has 10 heteroatoms. The Morgan fingerprint density at radius 3 is 2.58 bits per heavy atom. The van der Waals surface area contributed by atoms with Gasteiger partial charge >= 0.3 is 6.18 Å². The van der Waals surface area contributed by atoms with Crippen LogP contribution in [0.1, 0.15) is 12.0 Å². The molecule has 1 fully saturated rings. The second-order valence-corrected chi connectivity index (χ2v) is 5.37. The van der Waals surface area contributed by atoms with Crippen molar-refractivity contribution in [2.75, 3.05) is 18.5 Å². The molecule has 136 valence electrons. The fourth-order valence-corrected chi connectivity index (χ4v) is 2.18. The number of carbonyl (C=O) groups is 1. The minimum atomic E-state index is -4.45. The molecule has 1 aliphatic rings. The molecule has 2 rings (SSSR count). The maximum atomic E-state index is 13.0. The summed E-state index contributed by atoms with van der Waals surface area (Å²) in [5.74, 6) is -3.51. The van der Waals surface area contributed by atoms with E-state index in [0.29, 0.717) is 11.3 Å². The Labute approximate surface area is 141 Å². The smallest absolute Gasteiger partial charge is 0.422 e. The van der Waals surface area contributed by atoms with Crippen molar-refractivity contribution in [3.05, 3.63) is 23.8 Å². The predicted octanol–water partition coefficient (Wildman–Crippen LogP) is 3.29. The molecule has 0 spiro atoms. The third-order valence-electron chi connectivity index (χ3n) is 3.26. The Morgan fingerprint density at radius 1 is 1.42 bits per heavy atom. The molecule has 1 aliphatic heterocycles. The van der Waals surface area contributed by atoms with Gasteiger partial charge in [0.05, 0.1) is 12.6 Å². The molecular weight excluding hydrogens is 359 g/mol. The van der Waals surface area contributed by atoms with E-state index in [2.05, 4.69) is 15.4 Å². The molecule has 1 saturated heterocycles. The zero-order valence-corrected chi connectivity index (χ0v) is 13.4. The summed E-state index contributed by atoms with van der Waals surface area (Å²) < 4.78 is 67.0. The summed E-state index contributed by atoms with van der Waals surface area (Å²) in [5.41, 5.74) is 0.681. The average molecular weight is 375 g/mol. The van der Waals surface area contributed by atoms with Crippen molar-refractivity contribution in [1.29, 1.82) is 0 Å². The Morgan fingerprint density at radius 2 is 2.08 bits per heavy atom. The molecule has 1 atom stereocenters. The number of ether oxygens (including phenoxy) is 1. The summed E-state index contributed by atoms with van der Waals surface area (Å²) >= 11 is 0. The van der Waals surface area contributed by atoms with Gasteiger partial charge in [0.15, 0.2) is 6.61 Å². The van der Waals surface area contributed by atoms with Gasteiger partial charge in [-0.2, -0.15) is 13.2 Å². The Bertz CT molecular complexity index is 595. The van der Waals surface area contributed by atoms with Gasteiger partial charge in [-0.1, -0.05) is 0 Å². The maximum absolute atomic E-state index is 13.0. The van der Waals surface area contributed by atoms with Gasteiger partial charge in [0.1, 0.15) is 5.75 Å². The van der Waals surface area contributed by atoms with Crippen molar-refractivity contribution < 1.29 is 31.5 Å². The van der Waals surface area contributed by atoms with E-state index in [1.54, 1.807) is 0 Å². The van der Waals surface area contributed by atoms with Crippen LogP contribution in [0, 0.1) is 6.92 Å². The maximum Gasteiger partial charge on any atom is 0.422 e. The Balaban J connectivity index is 0.00000288. The molecule has 1 aromatic rings. The van der Waals surface area contributed by atoms with Crippen LogP contribution >= 0.6 is 12.4 Å². The first-order valence-electron chi connectivity index (χ1n) is 6.78. The molecule has 4 nitrogen and oxygen atoms in total. The second kappa shape index (κ2) is 7.52. The van der Waals surface area contributed by atoms with Crippen molar-refractivity contribution >= 4 is 24.0 Å². The van der Waals surface area contributed by atoms with Crippen LogP contribution in [-0.2, 0) is 4.79 Å². The SMILES string of the molecule is Cc1cc(NC(=O)C2CC(F)(F)CN2)ccc1OCC(F)(F)F.Cl. The van der Waals surface area contributed by atoms with Crippen LogP contribution in [0.15, 0.2) is 18.2 Å². The van der Waals surface area contributed by atoms with Crippen molar-refractivity contribution in [1.82, 2.24) is 5.32 Å². The van der Waals surface area contributed by atoms with Crippen molar-refractivity contribution in [2.45, 2.75) is 31.5 Å². The van der Waals surface area contributed by atoms with E-state index in [-0.39, 0.29) is 18.2 Å². The molecule has 1 amide bonds. The molecule has 0 aliphatic carbocycles. The second-order valence-electron chi connectivity index (χ2n) is 5.37. The summed E-state index contributed by atoms with van der Waals surface area (Å²) in [5, 5.41) is 4.87. The van der Waals surface area contributed by atoms with E-state index in [9.17, 15) is 26.7 Å². The summed E-state index contributed by atoms with van der Waals surface area (Å²) in [6, 6.07) is 3.04. The summed E-state index contributed by atoms with van der Waals surface area (Å²) in [4.78, 5) is 11.9. The first-order chi connectivity index (χ1) is 10.6. The number of halogens is 6. The highest BCUT2D eigenvalue weighted by molar-refractivity contribution is 5.95. The highest BCUT2D eigenvalue weighted by Gasteiger charge is 2.42. The number of nitrogens with one attached hydrogen (secondary N) is 2. The third kappa shape index (κ3) is 5.79. The fraction of sp³-hybridized carbons (Fsp3) is 0.500. The lowest BCUT2D eigenvalue weighted by Crippen LogP contribution is -2.35. The van der Waals surface area contributed by atoms with E-state index < -0.39 is 43.6 Å². The zero-order valence-electron chi connectivity index (χ0n) is 12.5. The molecule has 1 unspecified atom stereocenters. The lowest BCUT2D eigenvalue weighted by molar-refractivity contribution is -0.153. The van der Waals surface area contributed by atoms with Gasteiger partial charge in [-0.15, -0.1) is 12.4 Å². The molecule has 0 saturated carbocycles. The summed E-state index contributed by atoms with van der Waals surface area (Å²) in [7, 11) is 0. The number of amides is 1. The molecule has 24 heavy (non-hydrogen) atoms. The van der Waals surface area contributed by atoms with E-state index in [1.807, 2.05) is 0 Å². The van der Waals surface area contributed by atoms with Crippen LogP contribution in [0.5, 0.6) is 5.75 Å². The number of alkyl halides is 5. The lowest BCUT2D eigenvalue weighted by atomic mass is 10.1. The van der Waals surface area contributed by atoms with Crippen molar-refractivity contribution in [2.24, 2.45) is 0 Å². The zero-order chi connectivity index (χ0) is 17.3. The van der Waals surface area contributed by atoms with Gasteiger partial charge in [0.25, 0.3) is 5.92 Å². The standard InChI is InChI=1S/C14H15F5N2O2.ClH/c1-8-4-9(2-3-11(8)23-7-14(17,18)19)21-12(22)10-5-13(15,16)6-20-10;/h2-4,10,20H,5-7H2,1H3,(H,21,22);1H. The summed E-state index contributed by atoms with van der Waals surface area (Å²) in [6.45, 7) is -0.460. The predicted molar refractivity (Wildman–Crippen MR) is 80.0 cm³/mol. The Kier molecular flexibility index (Phi) is 6.40. The lowest BCUT2D eigenvalue weighted by Gasteiger charge is -2.14. The van der Waals surface area contributed by atoms with Crippen LogP contribution < -0.4 is 15.4 Å². The number of anilines is 1. The number of aryl methyl sites for hydroxylation is 1. The number of hydrogen-bond donors (Lipinski definition) is 2. The first-order valence-corrected chi connectivity index (χ1v) is 6.78. The van der Waals surface area contributed by atoms with Crippen LogP contribution in [0.3, 0.4) is 0 Å². The highest BCUT2D eigenvalue weighted by Crippen LogP contribution is 2.27. The normalized spacial score (nSPS) is 19.5. The molecule has 0 bridgehead atoms. The molecule has 0 radical (unpaired) electrons. The number of hydrogen-bond acceptors (Lipinski definition) is 3. The molecule has 1 heterocycles. The van der Waals surface area contributed by atoms with E-state index in [1.165, 1.54) is 25.1 Å². The van der Waals surface area contributed by atoms with Gasteiger partial charge in [-0.25, -0.2) is 8.78 Å². The average Bonchev–Trinajstić information content (AvgIpc) is 2.77. The van der Waals surface area contributed by atoms with E-state index in [4.69, 9.17) is 0 Å². The van der Waals surface area contributed by atoms with E-state index in [0.717, 1.165) is 0 Å². The minimum Gasteiger partial charge on any atom is -0.484 e. The first kappa shape index (κ1) is 20.4. The third-order valence-corrected chi connectivity index (χ3v) is 3.26. The van der Waals surface area contributed by atoms with Crippen LogP contribution in [0.4, 0.5) is 27.6 Å². The molecular formula is C14H16ClF5N2O2. The van der Waals surface area contributed by atoms with Gasteiger partial charge in [-0.3, -0.25) is 10.1 Å². The highest BCUT2D eigenvalue weighted by atomic mass is 35.5. The molecule has 0 aromatic heterocycles. The Hall–Kier alpha value is -1.61. The van der Waals surface area contributed by atoms with Gasteiger partial charge in [-0.05, 0) is 30.7 Å². The van der Waals surface area contributed by atoms with E-state index >= 15 is 0 Å². The molecule has 2 N–H and O–H groups in total. The summed E-state index contributed by atoms with van der Waals surface area (Å²) in [6.07, 6.45) is -5.04. The number of rotatable bonds is 4. The van der Waals surface area contributed by atoms with Crippen LogP contribution in [-0.4, -0.2) is 37.2 Å². The fourth-order valence-electron chi connectivity index (χ4n) is 2.18.